The molecular weight excluding hydrogens is 491 g/mol. The van der Waals surface area contributed by atoms with Crippen LogP contribution in [0.25, 0.3) is 5.57 Å². The van der Waals surface area contributed by atoms with Crippen molar-refractivity contribution in [2.24, 2.45) is 41.4 Å². The number of carbonyl (C=O) groups excluding carboxylic acids is 2. The van der Waals surface area contributed by atoms with Crippen LogP contribution in [0.3, 0.4) is 0 Å². The van der Waals surface area contributed by atoms with E-state index in [1.807, 2.05) is 13.0 Å². The van der Waals surface area contributed by atoms with Crippen molar-refractivity contribution in [1.29, 1.82) is 0 Å². The molecule has 39 heavy (non-hydrogen) atoms. The highest BCUT2D eigenvalue weighted by Gasteiger charge is 2.54. The van der Waals surface area contributed by atoms with E-state index in [0.717, 1.165) is 37.7 Å². The Morgan fingerprint density at radius 3 is 2.79 bits per heavy atom. The second-order valence-corrected chi connectivity index (χ2v) is 12.3. The number of hydrogen-bond donors (Lipinski definition) is 0. The summed E-state index contributed by atoms with van der Waals surface area (Å²) < 4.78 is 24.7. The quantitative estimate of drug-likeness (QED) is 0.321. The highest BCUT2D eigenvalue weighted by atomic mass is 19.1. The Balaban J connectivity index is 1.29. The van der Waals surface area contributed by atoms with Crippen LogP contribution in [0, 0.1) is 47.2 Å². The second kappa shape index (κ2) is 12.2. The smallest absolute Gasteiger partial charge is 0.309 e. The fourth-order valence-corrected chi connectivity index (χ4v) is 8.04. The number of hydrogen-bond acceptors (Lipinski definition) is 4. The molecule has 8 atom stereocenters. The van der Waals surface area contributed by atoms with Gasteiger partial charge < -0.3 is 9.47 Å². The van der Waals surface area contributed by atoms with Gasteiger partial charge in [0, 0.05) is 12.3 Å². The number of ether oxygens (including phenoxy) is 2. The van der Waals surface area contributed by atoms with Crippen LogP contribution < -0.4 is 0 Å². The molecule has 0 aromatic heterocycles. The third kappa shape index (κ3) is 6.23. The Kier molecular flexibility index (Phi) is 8.73. The van der Waals surface area contributed by atoms with Crippen molar-refractivity contribution in [2.45, 2.75) is 78.2 Å². The summed E-state index contributed by atoms with van der Waals surface area (Å²) >= 11 is 0. The van der Waals surface area contributed by atoms with E-state index in [2.05, 4.69) is 38.2 Å². The molecule has 2 saturated carbocycles. The van der Waals surface area contributed by atoms with Gasteiger partial charge in [-0.1, -0.05) is 49.8 Å². The Hall–Kier alpha value is -2.69. The Morgan fingerprint density at radius 2 is 2.03 bits per heavy atom. The van der Waals surface area contributed by atoms with Gasteiger partial charge in [-0.2, -0.15) is 0 Å². The highest BCUT2D eigenvalue weighted by molar-refractivity contribution is 5.75. The van der Waals surface area contributed by atoms with Gasteiger partial charge >= 0.3 is 11.9 Å². The van der Waals surface area contributed by atoms with Crippen molar-refractivity contribution >= 4 is 17.5 Å². The lowest BCUT2D eigenvalue weighted by Crippen LogP contribution is -2.44. The second-order valence-electron chi connectivity index (χ2n) is 12.3. The summed E-state index contributed by atoms with van der Waals surface area (Å²) in [5.41, 5.74) is 3.41. The van der Waals surface area contributed by atoms with Crippen LogP contribution in [-0.4, -0.2) is 24.6 Å². The van der Waals surface area contributed by atoms with Crippen molar-refractivity contribution in [2.75, 3.05) is 6.61 Å². The van der Waals surface area contributed by atoms with E-state index in [1.165, 1.54) is 30.1 Å². The van der Waals surface area contributed by atoms with Crippen LogP contribution in [0.2, 0.25) is 0 Å². The van der Waals surface area contributed by atoms with Crippen molar-refractivity contribution in [3.05, 3.63) is 65.5 Å². The molecule has 1 aromatic rings. The molecule has 5 heteroatoms. The zero-order valence-electron chi connectivity index (χ0n) is 23.6. The van der Waals surface area contributed by atoms with E-state index in [4.69, 9.17) is 9.47 Å². The Morgan fingerprint density at radius 1 is 1.18 bits per heavy atom. The standard InChI is InChI=1S/C34H43FO4/c1-4-38-32(36)10-5-7-23-12-15-29-26(18-23)20-31-33(22(3)39-34(31)37)30(29)16-13-24-11-14-28(21(2)17-24)25-8-6-9-27(35)19-25/h6,8-9,11,13-14,16,19,21-23,26,29-31,33H,4-5,7,10,12,15,17-18,20H2,1-3H3/b16-13+/t21?,22-,23+,26+,29+,30+,31-,33+/m0/s1. The van der Waals surface area contributed by atoms with Crippen LogP contribution in [-0.2, 0) is 19.1 Å². The highest BCUT2D eigenvalue weighted by Crippen LogP contribution is 2.55. The molecule has 0 spiro atoms. The molecule has 1 heterocycles. The van der Waals surface area contributed by atoms with Gasteiger partial charge in [-0.25, -0.2) is 4.39 Å². The number of halogens is 1. The van der Waals surface area contributed by atoms with Crippen LogP contribution in [0.15, 0.2) is 54.1 Å². The number of fused-ring (bicyclic) bond motifs is 2. The third-order valence-electron chi connectivity index (χ3n) is 9.80. The normalized spacial score (nSPS) is 34.1. The maximum atomic E-state index is 13.8. The molecule has 4 aliphatic rings. The van der Waals surface area contributed by atoms with E-state index < -0.39 is 0 Å². The first-order chi connectivity index (χ1) is 18.8. The first-order valence-corrected chi connectivity index (χ1v) is 15.0. The summed E-state index contributed by atoms with van der Waals surface area (Å²) in [6.45, 7) is 6.57. The minimum absolute atomic E-state index is 0.00656. The minimum atomic E-state index is -0.201. The summed E-state index contributed by atoms with van der Waals surface area (Å²) in [5, 5.41) is 0. The number of allylic oxidation sites excluding steroid dienone is 6. The van der Waals surface area contributed by atoms with Gasteiger partial charge in [-0.3, -0.25) is 9.59 Å². The fourth-order valence-electron chi connectivity index (χ4n) is 8.04. The summed E-state index contributed by atoms with van der Waals surface area (Å²) in [6, 6.07) is 6.86. The average molecular weight is 535 g/mol. The molecule has 3 aliphatic carbocycles. The van der Waals surface area contributed by atoms with Crippen LogP contribution >= 0.6 is 0 Å². The van der Waals surface area contributed by atoms with E-state index >= 15 is 0 Å². The van der Waals surface area contributed by atoms with Gasteiger partial charge in [-0.05, 0) is 111 Å². The largest absolute Gasteiger partial charge is 0.466 e. The van der Waals surface area contributed by atoms with Gasteiger partial charge in [0.2, 0.25) is 0 Å². The Bertz CT molecular complexity index is 1150. The molecule has 0 amide bonds. The Labute approximate surface area is 232 Å². The lowest BCUT2D eigenvalue weighted by atomic mass is 9.55. The summed E-state index contributed by atoms with van der Waals surface area (Å²) in [7, 11) is 0. The van der Waals surface area contributed by atoms with Gasteiger partial charge in [0.1, 0.15) is 11.9 Å². The maximum Gasteiger partial charge on any atom is 0.309 e. The maximum absolute atomic E-state index is 13.8. The van der Waals surface area contributed by atoms with Gasteiger partial charge in [0.15, 0.2) is 0 Å². The number of cyclic esters (lactones) is 1. The van der Waals surface area contributed by atoms with E-state index in [0.29, 0.717) is 42.6 Å². The lowest BCUT2D eigenvalue weighted by Gasteiger charge is -2.47. The molecular formula is C34H43FO4. The first kappa shape index (κ1) is 27.9. The zero-order valence-corrected chi connectivity index (χ0v) is 23.6. The number of carbonyl (C=O) groups is 2. The predicted octanol–water partition coefficient (Wildman–Crippen LogP) is 7.70. The molecule has 1 unspecified atom stereocenters. The fraction of sp³-hybridized carbons (Fsp3) is 0.588. The number of rotatable bonds is 8. The van der Waals surface area contributed by atoms with Crippen LogP contribution in [0.1, 0.15) is 77.7 Å². The monoisotopic (exact) mass is 534 g/mol. The third-order valence-corrected chi connectivity index (χ3v) is 9.80. The van der Waals surface area contributed by atoms with Crippen molar-refractivity contribution in [3.63, 3.8) is 0 Å². The number of benzene rings is 1. The molecule has 0 bridgehead atoms. The summed E-state index contributed by atoms with van der Waals surface area (Å²) in [4.78, 5) is 24.6. The topological polar surface area (TPSA) is 52.6 Å². The average Bonchev–Trinajstić information content (AvgIpc) is 3.19. The predicted molar refractivity (Wildman–Crippen MR) is 151 cm³/mol. The van der Waals surface area contributed by atoms with Gasteiger partial charge in [0.25, 0.3) is 0 Å². The molecule has 210 valence electrons. The first-order valence-electron chi connectivity index (χ1n) is 15.0. The van der Waals surface area contributed by atoms with Crippen molar-refractivity contribution in [1.82, 2.24) is 0 Å². The van der Waals surface area contributed by atoms with Crippen LogP contribution in [0.5, 0.6) is 0 Å². The van der Waals surface area contributed by atoms with Gasteiger partial charge in [0.05, 0.1) is 12.5 Å². The van der Waals surface area contributed by atoms with Crippen molar-refractivity contribution in [3.8, 4) is 0 Å². The molecule has 4 nitrogen and oxygen atoms in total. The summed E-state index contributed by atoms with van der Waals surface area (Å²) in [6.07, 6.45) is 16.8. The molecule has 5 rings (SSSR count). The molecule has 1 aliphatic heterocycles. The molecule has 1 aromatic carbocycles. The molecule has 1 saturated heterocycles. The lowest BCUT2D eigenvalue weighted by molar-refractivity contribution is -0.145. The summed E-state index contributed by atoms with van der Waals surface area (Å²) in [5.74, 6) is 2.29. The molecule has 3 fully saturated rings. The molecule has 0 radical (unpaired) electrons. The van der Waals surface area contributed by atoms with Crippen LogP contribution in [0.4, 0.5) is 4.39 Å². The van der Waals surface area contributed by atoms with E-state index in [1.54, 1.807) is 12.1 Å². The van der Waals surface area contributed by atoms with Crippen molar-refractivity contribution < 1.29 is 23.5 Å². The molecule has 0 N–H and O–H groups in total. The minimum Gasteiger partial charge on any atom is -0.466 e. The zero-order chi connectivity index (χ0) is 27.5. The van der Waals surface area contributed by atoms with Gasteiger partial charge in [-0.15, -0.1) is 0 Å². The number of esters is 2. The van der Waals surface area contributed by atoms with E-state index in [-0.39, 0.29) is 35.7 Å². The SMILES string of the molecule is CCOC(=O)CCC[C@@H]1CC[C@@H]2[C@H](C1)C[C@@H]1C(=O)O[C@@H](C)[C@@H]1[C@@H]2/C=C/C1=CC=C(c2cccc(F)c2)C(C)C1. The van der Waals surface area contributed by atoms with E-state index in [9.17, 15) is 14.0 Å².